The second-order valence-corrected chi connectivity index (χ2v) is 8.31. The lowest BCUT2D eigenvalue weighted by Crippen LogP contribution is -2.48. The first-order chi connectivity index (χ1) is 15.7. The molecule has 2 aromatic rings. The van der Waals surface area contributed by atoms with Crippen LogP contribution in [-0.2, 0) is 11.3 Å². The van der Waals surface area contributed by atoms with Crippen LogP contribution in [0.4, 0.5) is 5.69 Å². The van der Waals surface area contributed by atoms with E-state index in [2.05, 4.69) is 53.6 Å². The maximum Gasteiger partial charge on any atom is 0.196 e. The van der Waals surface area contributed by atoms with Crippen molar-refractivity contribution < 1.29 is 14.2 Å². The van der Waals surface area contributed by atoms with Gasteiger partial charge in [-0.1, -0.05) is 24.3 Å². The van der Waals surface area contributed by atoms with E-state index in [0.29, 0.717) is 25.8 Å². The van der Waals surface area contributed by atoms with Gasteiger partial charge in [-0.2, -0.15) is 0 Å². The molecule has 0 radical (unpaired) electrons. The first-order valence-corrected chi connectivity index (χ1v) is 11.5. The van der Waals surface area contributed by atoms with Crippen molar-refractivity contribution in [3.63, 3.8) is 0 Å². The largest absolute Gasteiger partial charge is 0.490 e. The van der Waals surface area contributed by atoms with Crippen molar-refractivity contribution >= 4 is 11.6 Å². The summed E-state index contributed by atoms with van der Waals surface area (Å²) in [6, 6.07) is 14.7. The maximum atomic E-state index is 5.85. The van der Waals surface area contributed by atoms with E-state index in [1.54, 1.807) is 0 Å². The van der Waals surface area contributed by atoms with Crippen molar-refractivity contribution in [2.24, 2.45) is 4.99 Å². The van der Waals surface area contributed by atoms with Gasteiger partial charge in [-0.05, 0) is 37.1 Å². The summed E-state index contributed by atoms with van der Waals surface area (Å²) in [6.07, 6.45) is 0.890. The highest BCUT2D eigenvalue weighted by Gasteiger charge is 2.17. The Morgan fingerprint density at radius 2 is 1.81 bits per heavy atom. The molecule has 0 aliphatic carbocycles. The summed E-state index contributed by atoms with van der Waals surface area (Å²) < 4.78 is 17.1. The van der Waals surface area contributed by atoms with E-state index in [4.69, 9.17) is 19.2 Å². The number of hydrogen-bond donors (Lipinski definition) is 2. The number of aliphatic imine (C=N–C) groups is 1. The van der Waals surface area contributed by atoms with Crippen LogP contribution in [0, 0.1) is 6.92 Å². The summed E-state index contributed by atoms with van der Waals surface area (Å²) in [5, 5.41) is 6.99. The molecule has 7 nitrogen and oxygen atoms in total. The predicted molar refractivity (Wildman–Crippen MR) is 128 cm³/mol. The molecular weight excluding hydrogens is 404 g/mol. The molecule has 1 saturated heterocycles. The number of ether oxygens (including phenoxy) is 3. The van der Waals surface area contributed by atoms with Gasteiger partial charge in [0.15, 0.2) is 17.5 Å². The van der Waals surface area contributed by atoms with Crippen molar-refractivity contribution in [1.82, 2.24) is 10.2 Å². The van der Waals surface area contributed by atoms with Gasteiger partial charge >= 0.3 is 0 Å². The van der Waals surface area contributed by atoms with E-state index >= 15 is 0 Å². The van der Waals surface area contributed by atoms with Gasteiger partial charge in [-0.15, -0.1) is 0 Å². The van der Waals surface area contributed by atoms with Gasteiger partial charge in [-0.3, -0.25) is 4.90 Å². The van der Waals surface area contributed by atoms with E-state index in [0.717, 1.165) is 62.4 Å². The molecule has 4 rings (SSSR count). The van der Waals surface area contributed by atoms with Crippen LogP contribution in [0.3, 0.4) is 0 Å². The zero-order valence-electron chi connectivity index (χ0n) is 19.1. The fourth-order valence-electron chi connectivity index (χ4n) is 3.86. The lowest BCUT2D eigenvalue weighted by atomic mass is 10.1. The number of nitrogens with one attached hydrogen (secondary N) is 2. The maximum absolute atomic E-state index is 5.85. The van der Waals surface area contributed by atoms with Crippen LogP contribution in [0.2, 0.25) is 0 Å². The summed E-state index contributed by atoms with van der Waals surface area (Å²) in [5.41, 5.74) is 3.38. The molecule has 0 aromatic heterocycles. The number of guanidine groups is 1. The molecule has 0 bridgehead atoms. The third-order valence-corrected chi connectivity index (χ3v) is 5.91. The minimum Gasteiger partial charge on any atom is -0.490 e. The Hall–Kier alpha value is -2.77. The highest BCUT2D eigenvalue weighted by atomic mass is 16.5. The Morgan fingerprint density at radius 1 is 1.03 bits per heavy atom. The monoisotopic (exact) mass is 438 g/mol. The van der Waals surface area contributed by atoms with Gasteiger partial charge in [0.25, 0.3) is 0 Å². The Bertz CT molecular complexity index is 912. The molecule has 2 N–H and O–H groups in total. The third kappa shape index (κ3) is 6.14. The summed E-state index contributed by atoms with van der Waals surface area (Å²) in [6.45, 7) is 10.7. The number of hydrogen-bond acceptors (Lipinski definition) is 5. The van der Waals surface area contributed by atoms with E-state index < -0.39 is 0 Å². The number of fused-ring (bicyclic) bond motifs is 1. The second-order valence-electron chi connectivity index (χ2n) is 8.31. The Balaban J connectivity index is 1.47. The molecular formula is C25H34N4O3. The number of aryl methyl sites for hydroxylation is 1. The van der Waals surface area contributed by atoms with Crippen molar-refractivity contribution in [3.05, 3.63) is 53.6 Å². The lowest BCUT2D eigenvalue weighted by Gasteiger charge is -2.32. The van der Waals surface area contributed by atoms with Crippen LogP contribution in [0.25, 0.3) is 0 Å². The number of morpholine rings is 1. The van der Waals surface area contributed by atoms with Gasteiger partial charge < -0.3 is 24.8 Å². The van der Waals surface area contributed by atoms with Crippen LogP contribution >= 0.6 is 0 Å². The number of rotatable bonds is 6. The van der Waals surface area contributed by atoms with Crippen LogP contribution < -0.4 is 20.1 Å². The fraction of sp³-hybridized carbons (Fsp3) is 0.480. The second kappa shape index (κ2) is 11.2. The normalized spacial score (nSPS) is 18.0. The topological polar surface area (TPSA) is 67.4 Å². The van der Waals surface area contributed by atoms with Gasteiger partial charge in [0, 0.05) is 43.9 Å². The van der Waals surface area contributed by atoms with E-state index in [1.807, 2.05) is 18.2 Å². The average molecular weight is 439 g/mol. The number of nitrogens with zero attached hydrogens (tertiary/aromatic N) is 2. The third-order valence-electron chi connectivity index (χ3n) is 5.91. The summed E-state index contributed by atoms with van der Waals surface area (Å²) >= 11 is 0. The first kappa shape index (κ1) is 22.4. The molecule has 0 spiro atoms. The van der Waals surface area contributed by atoms with Gasteiger partial charge in [-0.25, -0.2) is 4.99 Å². The van der Waals surface area contributed by atoms with Crippen molar-refractivity contribution in [2.75, 3.05) is 51.4 Å². The van der Waals surface area contributed by atoms with Crippen LogP contribution in [0.5, 0.6) is 11.5 Å². The van der Waals surface area contributed by atoms with Crippen LogP contribution in [-0.4, -0.2) is 63.0 Å². The Kier molecular flexibility index (Phi) is 7.85. The Morgan fingerprint density at radius 3 is 2.62 bits per heavy atom. The molecule has 2 aliphatic heterocycles. The molecule has 7 heteroatoms. The zero-order valence-corrected chi connectivity index (χ0v) is 19.1. The quantitative estimate of drug-likeness (QED) is 0.532. The highest BCUT2D eigenvalue weighted by molar-refractivity contribution is 5.94. The summed E-state index contributed by atoms with van der Waals surface area (Å²) in [4.78, 5) is 7.32. The van der Waals surface area contributed by atoms with Crippen molar-refractivity contribution in [3.8, 4) is 11.5 Å². The van der Waals surface area contributed by atoms with E-state index in [9.17, 15) is 0 Å². The van der Waals surface area contributed by atoms with Crippen molar-refractivity contribution in [1.29, 1.82) is 0 Å². The average Bonchev–Trinajstić information content (AvgIpc) is 3.07. The first-order valence-electron chi connectivity index (χ1n) is 11.5. The fourth-order valence-corrected chi connectivity index (χ4v) is 3.86. The van der Waals surface area contributed by atoms with Crippen molar-refractivity contribution in [2.45, 2.75) is 32.9 Å². The molecule has 0 amide bonds. The molecule has 2 aromatic carbocycles. The molecule has 1 atom stereocenters. The number of anilines is 1. The van der Waals surface area contributed by atoms with Gasteiger partial charge in [0.1, 0.15) is 0 Å². The molecule has 0 saturated carbocycles. The SMILES string of the molecule is Cc1ccccc1CN=C(NCC(C)N1CCOCC1)Nc1ccc2c(c1)OCCCO2. The summed E-state index contributed by atoms with van der Waals surface area (Å²) in [7, 11) is 0. The van der Waals surface area contributed by atoms with E-state index in [-0.39, 0.29) is 0 Å². The number of benzene rings is 2. The highest BCUT2D eigenvalue weighted by Crippen LogP contribution is 2.32. The zero-order chi connectivity index (χ0) is 22.2. The van der Waals surface area contributed by atoms with Crippen LogP contribution in [0.15, 0.2) is 47.5 Å². The molecule has 1 fully saturated rings. The minimum atomic E-state index is 0.383. The minimum absolute atomic E-state index is 0.383. The smallest absolute Gasteiger partial charge is 0.196 e. The van der Waals surface area contributed by atoms with Crippen LogP contribution in [0.1, 0.15) is 24.5 Å². The predicted octanol–water partition coefficient (Wildman–Crippen LogP) is 3.43. The summed E-state index contributed by atoms with van der Waals surface area (Å²) in [5.74, 6) is 2.32. The molecule has 2 heterocycles. The standard InChI is InChI=1S/C25H34N4O3/c1-19-6-3-4-7-21(19)18-27-25(26-17-20(2)29-10-14-30-15-11-29)28-22-8-9-23-24(16-22)32-13-5-12-31-23/h3-4,6-9,16,20H,5,10-15,17-18H2,1-2H3,(H2,26,27,28). The van der Waals surface area contributed by atoms with Gasteiger partial charge in [0.2, 0.25) is 0 Å². The molecule has 2 aliphatic rings. The molecule has 32 heavy (non-hydrogen) atoms. The van der Waals surface area contributed by atoms with E-state index in [1.165, 1.54) is 11.1 Å². The molecule has 1 unspecified atom stereocenters. The van der Waals surface area contributed by atoms with Gasteiger partial charge in [0.05, 0.1) is 33.0 Å². The molecule has 172 valence electrons. The Labute approximate surface area is 190 Å². The lowest BCUT2D eigenvalue weighted by molar-refractivity contribution is 0.0212.